The number of carbonyl (C=O) groups is 4. The summed E-state index contributed by atoms with van der Waals surface area (Å²) in [5, 5.41) is 2.33. The number of aromatic nitrogens is 1. The van der Waals surface area contributed by atoms with Crippen molar-refractivity contribution in [3.63, 3.8) is 0 Å². The van der Waals surface area contributed by atoms with Gasteiger partial charge < -0.3 is 15.0 Å². The van der Waals surface area contributed by atoms with E-state index >= 15 is 0 Å². The Hall–Kier alpha value is -3.33. The predicted octanol–water partition coefficient (Wildman–Crippen LogP) is 3.45. The van der Waals surface area contributed by atoms with Crippen molar-refractivity contribution in [3.8, 4) is 0 Å². The molecule has 0 bridgehead atoms. The Morgan fingerprint density at radius 1 is 1.19 bits per heavy atom. The van der Waals surface area contributed by atoms with Gasteiger partial charge in [-0.3, -0.25) is 19.3 Å². The smallest absolute Gasteiger partial charge is 0.339 e. The van der Waals surface area contributed by atoms with E-state index in [1.54, 1.807) is 13.0 Å². The van der Waals surface area contributed by atoms with Gasteiger partial charge in [-0.2, -0.15) is 0 Å². The number of esters is 1. The molecule has 1 aromatic carbocycles. The van der Waals surface area contributed by atoms with Gasteiger partial charge >= 0.3 is 5.97 Å². The third-order valence-electron chi connectivity index (χ3n) is 5.17. The van der Waals surface area contributed by atoms with Gasteiger partial charge in [0.2, 0.25) is 0 Å². The number of nitrogens with one attached hydrogen (secondary N) is 2. The third kappa shape index (κ3) is 4.77. The van der Waals surface area contributed by atoms with Crippen molar-refractivity contribution < 1.29 is 23.9 Å². The van der Waals surface area contributed by atoms with Crippen LogP contribution in [0, 0.1) is 13.8 Å². The predicted molar refractivity (Wildman–Crippen MR) is 122 cm³/mol. The minimum Gasteiger partial charge on any atom is -0.465 e. The first-order valence-corrected chi connectivity index (χ1v) is 11.0. The lowest BCUT2D eigenvalue weighted by atomic mass is 10.1. The molecular formula is C23H25N3O5S. The van der Waals surface area contributed by atoms with Crippen LogP contribution in [0.5, 0.6) is 0 Å². The molecule has 168 valence electrons. The van der Waals surface area contributed by atoms with Gasteiger partial charge in [-0.25, -0.2) is 4.79 Å². The number of aryl methyl sites for hydroxylation is 2. The fraction of sp³-hybridized carbons (Fsp3) is 0.304. The Balaban J connectivity index is 1.64. The molecule has 0 spiro atoms. The zero-order valence-corrected chi connectivity index (χ0v) is 19.2. The molecule has 1 fully saturated rings. The number of hydrogen-bond donors (Lipinski definition) is 2. The van der Waals surface area contributed by atoms with Crippen LogP contribution >= 0.6 is 11.8 Å². The van der Waals surface area contributed by atoms with Crippen molar-refractivity contribution in [1.82, 2.24) is 15.2 Å². The summed E-state index contributed by atoms with van der Waals surface area (Å²) in [5.41, 5.74) is 3.67. The molecule has 2 heterocycles. The second-order valence-electron chi connectivity index (χ2n) is 7.32. The molecule has 3 amide bonds. The number of rotatable bonds is 7. The Bertz CT molecular complexity index is 1100. The number of aromatic amines is 1. The zero-order valence-electron chi connectivity index (χ0n) is 18.4. The van der Waals surface area contributed by atoms with Crippen LogP contribution in [0.3, 0.4) is 0 Å². The van der Waals surface area contributed by atoms with E-state index in [0.717, 1.165) is 27.8 Å². The van der Waals surface area contributed by atoms with Crippen molar-refractivity contribution in [2.75, 3.05) is 20.2 Å². The summed E-state index contributed by atoms with van der Waals surface area (Å²) < 4.78 is 4.80. The highest BCUT2D eigenvalue weighted by Gasteiger charge is 2.34. The van der Waals surface area contributed by atoms with Crippen LogP contribution in [0.2, 0.25) is 0 Å². The van der Waals surface area contributed by atoms with Crippen LogP contribution in [0.25, 0.3) is 6.08 Å². The number of carbonyl (C=O) groups excluding carboxylic acids is 4. The maximum absolute atomic E-state index is 12.6. The van der Waals surface area contributed by atoms with E-state index in [4.69, 9.17) is 4.74 Å². The molecule has 8 nitrogen and oxygen atoms in total. The van der Waals surface area contributed by atoms with Crippen LogP contribution in [-0.4, -0.2) is 53.1 Å². The molecule has 1 saturated heterocycles. The van der Waals surface area contributed by atoms with Gasteiger partial charge in [0, 0.05) is 18.8 Å². The number of ether oxygens (including phenoxy) is 1. The SMILES string of the molecule is CCc1[nH]c(C(=O)NCCN2C(=O)S/C(=C/c3ccc(C)cc3)C2=O)c(C)c1C(=O)OC. The lowest BCUT2D eigenvalue weighted by molar-refractivity contribution is -0.122. The number of benzene rings is 1. The average molecular weight is 456 g/mol. The van der Waals surface area contributed by atoms with Gasteiger partial charge in [-0.15, -0.1) is 0 Å². The number of amides is 3. The maximum Gasteiger partial charge on any atom is 0.339 e. The van der Waals surface area contributed by atoms with Gasteiger partial charge in [-0.1, -0.05) is 36.8 Å². The summed E-state index contributed by atoms with van der Waals surface area (Å²) in [5.74, 6) is -1.31. The number of nitrogens with zero attached hydrogens (tertiary/aromatic N) is 1. The van der Waals surface area contributed by atoms with Gasteiger partial charge in [0.05, 0.1) is 17.6 Å². The van der Waals surface area contributed by atoms with Gasteiger partial charge in [-0.05, 0) is 49.2 Å². The topological polar surface area (TPSA) is 109 Å². The van der Waals surface area contributed by atoms with Crippen molar-refractivity contribution in [3.05, 3.63) is 62.8 Å². The molecule has 1 aliphatic rings. The van der Waals surface area contributed by atoms with E-state index in [-0.39, 0.29) is 29.9 Å². The van der Waals surface area contributed by atoms with Gasteiger partial charge in [0.15, 0.2) is 0 Å². The number of methoxy groups -OCH3 is 1. The molecule has 0 aliphatic carbocycles. The first-order valence-electron chi connectivity index (χ1n) is 10.2. The molecule has 2 N–H and O–H groups in total. The first-order chi connectivity index (χ1) is 15.3. The monoisotopic (exact) mass is 455 g/mol. The van der Waals surface area contributed by atoms with Crippen LogP contribution in [0.15, 0.2) is 29.2 Å². The molecule has 0 atom stereocenters. The van der Waals surface area contributed by atoms with E-state index in [2.05, 4.69) is 10.3 Å². The van der Waals surface area contributed by atoms with Crippen molar-refractivity contribution >= 4 is 40.9 Å². The highest BCUT2D eigenvalue weighted by Crippen LogP contribution is 2.32. The molecule has 1 aromatic heterocycles. The molecule has 3 rings (SSSR count). The minimum absolute atomic E-state index is 0.0475. The van der Waals surface area contributed by atoms with Crippen molar-refractivity contribution in [2.24, 2.45) is 0 Å². The second-order valence-corrected chi connectivity index (χ2v) is 8.32. The normalized spacial score (nSPS) is 14.9. The van der Waals surface area contributed by atoms with E-state index < -0.39 is 11.9 Å². The number of thioether (sulfide) groups is 1. The van der Waals surface area contributed by atoms with E-state index in [9.17, 15) is 19.2 Å². The van der Waals surface area contributed by atoms with Crippen molar-refractivity contribution in [1.29, 1.82) is 0 Å². The lowest BCUT2D eigenvalue weighted by Crippen LogP contribution is -2.37. The van der Waals surface area contributed by atoms with Crippen LogP contribution in [0.1, 0.15) is 50.2 Å². The molecule has 32 heavy (non-hydrogen) atoms. The van der Waals surface area contributed by atoms with E-state index in [1.807, 2.05) is 38.1 Å². The molecule has 1 aliphatic heterocycles. The van der Waals surface area contributed by atoms with E-state index in [1.165, 1.54) is 7.11 Å². The fourth-order valence-electron chi connectivity index (χ4n) is 3.41. The largest absolute Gasteiger partial charge is 0.465 e. The Morgan fingerprint density at radius 3 is 2.50 bits per heavy atom. The van der Waals surface area contributed by atoms with Crippen LogP contribution in [-0.2, 0) is 16.0 Å². The van der Waals surface area contributed by atoms with Gasteiger partial charge in [0.1, 0.15) is 5.69 Å². The Morgan fingerprint density at radius 2 is 1.88 bits per heavy atom. The quantitative estimate of drug-likeness (QED) is 0.489. The van der Waals surface area contributed by atoms with Crippen molar-refractivity contribution in [2.45, 2.75) is 27.2 Å². The van der Waals surface area contributed by atoms with Crippen LogP contribution < -0.4 is 5.32 Å². The molecular weight excluding hydrogens is 430 g/mol. The number of hydrogen-bond acceptors (Lipinski definition) is 6. The minimum atomic E-state index is -0.507. The second kappa shape index (κ2) is 9.86. The summed E-state index contributed by atoms with van der Waals surface area (Å²) in [6.07, 6.45) is 2.22. The fourth-order valence-corrected chi connectivity index (χ4v) is 4.27. The molecule has 0 saturated carbocycles. The summed E-state index contributed by atoms with van der Waals surface area (Å²) in [7, 11) is 1.29. The lowest BCUT2D eigenvalue weighted by Gasteiger charge is -2.13. The highest BCUT2D eigenvalue weighted by molar-refractivity contribution is 8.18. The Labute approximate surface area is 190 Å². The molecule has 0 unspecified atom stereocenters. The summed E-state index contributed by atoms with van der Waals surface area (Å²) in [6.45, 7) is 5.64. The standard InChI is InChI=1S/C23H25N3O5S/c1-5-16-18(22(29)31-4)14(3)19(25-16)20(27)24-10-11-26-21(28)17(32-23(26)30)12-15-8-6-13(2)7-9-15/h6-9,12,25H,5,10-11H2,1-4H3,(H,24,27)/b17-12+. The Kier molecular flexibility index (Phi) is 7.19. The summed E-state index contributed by atoms with van der Waals surface area (Å²) in [6, 6.07) is 7.64. The molecule has 2 aromatic rings. The third-order valence-corrected chi connectivity index (χ3v) is 6.07. The van der Waals surface area contributed by atoms with E-state index in [0.29, 0.717) is 28.1 Å². The zero-order chi connectivity index (χ0) is 23.4. The maximum atomic E-state index is 12.6. The van der Waals surface area contributed by atoms with Crippen LogP contribution in [0.4, 0.5) is 4.79 Å². The number of imide groups is 1. The summed E-state index contributed by atoms with van der Waals surface area (Å²) in [4.78, 5) is 54.0. The first kappa shape index (κ1) is 23.3. The molecule has 9 heteroatoms. The average Bonchev–Trinajstić information content (AvgIpc) is 3.25. The highest BCUT2D eigenvalue weighted by atomic mass is 32.2. The molecule has 0 radical (unpaired) electrons. The number of H-pyrrole nitrogens is 1. The summed E-state index contributed by atoms with van der Waals surface area (Å²) >= 11 is 0.881. The van der Waals surface area contributed by atoms with Gasteiger partial charge in [0.25, 0.3) is 17.1 Å².